The van der Waals surface area contributed by atoms with E-state index in [4.69, 9.17) is 9.26 Å². The molecule has 2 amide bonds. The van der Waals surface area contributed by atoms with E-state index in [-0.39, 0.29) is 18.4 Å². The second kappa shape index (κ2) is 9.88. The van der Waals surface area contributed by atoms with Crippen LogP contribution in [0.3, 0.4) is 0 Å². The number of benzene rings is 1. The first-order valence-electron chi connectivity index (χ1n) is 9.69. The number of hydrogen-bond donors (Lipinski definition) is 1. The number of carbonyl (C=O) groups excluding carboxylic acids is 2. The Morgan fingerprint density at radius 2 is 1.93 bits per heavy atom. The van der Waals surface area contributed by atoms with Crippen LogP contribution in [0.2, 0.25) is 0 Å². The number of piperazine rings is 1. The van der Waals surface area contributed by atoms with Gasteiger partial charge in [-0.15, -0.1) is 0 Å². The van der Waals surface area contributed by atoms with E-state index in [1.807, 2.05) is 36.1 Å². The highest BCUT2D eigenvalue weighted by atomic mass is 16.5. The van der Waals surface area contributed by atoms with Crippen LogP contribution in [0.1, 0.15) is 18.2 Å². The zero-order chi connectivity index (χ0) is 20.6. The van der Waals surface area contributed by atoms with Crippen LogP contribution in [0.15, 0.2) is 40.9 Å². The average Bonchev–Trinajstić information content (AvgIpc) is 3.12. The number of carbonyl (C=O) groups is 2. The number of aromatic nitrogens is 1. The number of anilines is 1. The molecule has 1 N–H and O–H groups in total. The predicted octanol–water partition coefficient (Wildman–Crippen LogP) is 2.18. The second-order valence-corrected chi connectivity index (χ2v) is 6.81. The summed E-state index contributed by atoms with van der Waals surface area (Å²) in [6.07, 6.45) is 3.39. The van der Waals surface area contributed by atoms with E-state index in [0.29, 0.717) is 44.4 Å². The van der Waals surface area contributed by atoms with Crippen molar-refractivity contribution in [3.05, 3.63) is 47.7 Å². The number of ether oxygens (including phenoxy) is 1. The molecular weight excluding hydrogens is 372 g/mol. The van der Waals surface area contributed by atoms with Gasteiger partial charge in [0.2, 0.25) is 11.8 Å². The molecule has 154 valence electrons. The van der Waals surface area contributed by atoms with Gasteiger partial charge < -0.3 is 19.5 Å². The van der Waals surface area contributed by atoms with Crippen molar-refractivity contribution >= 4 is 23.7 Å². The molecule has 0 aliphatic carbocycles. The van der Waals surface area contributed by atoms with Crippen LogP contribution in [0.5, 0.6) is 5.75 Å². The molecule has 29 heavy (non-hydrogen) atoms. The fourth-order valence-electron chi connectivity index (χ4n) is 3.05. The van der Waals surface area contributed by atoms with Crippen molar-refractivity contribution in [3.63, 3.8) is 0 Å². The van der Waals surface area contributed by atoms with Crippen LogP contribution in [-0.2, 0) is 9.59 Å². The third-order valence-corrected chi connectivity index (χ3v) is 4.56. The Hall–Kier alpha value is -3.13. The minimum Gasteiger partial charge on any atom is -0.494 e. The zero-order valence-corrected chi connectivity index (χ0v) is 16.8. The van der Waals surface area contributed by atoms with E-state index in [9.17, 15) is 9.59 Å². The Balaban J connectivity index is 1.42. The minimum atomic E-state index is -0.145. The van der Waals surface area contributed by atoms with Gasteiger partial charge in [-0.3, -0.25) is 14.5 Å². The summed E-state index contributed by atoms with van der Waals surface area (Å²) in [7, 11) is 0. The van der Waals surface area contributed by atoms with Gasteiger partial charge in [0.15, 0.2) is 5.82 Å². The Morgan fingerprint density at radius 3 is 2.55 bits per heavy atom. The standard InChI is InChI=1S/C21H26N4O4/c1-3-28-18-7-4-17(5-8-18)6-9-21(27)25-12-10-24(11-13-25)15-20(26)22-19-14-16(2)29-23-19/h4-9,14H,3,10-13,15H2,1-2H3,(H,22,23,26)/b9-6+. The SMILES string of the molecule is CCOc1ccc(/C=C/C(=O)N2CCN(CC(=O)Nc3cc(C)on3)CC2)cc1. The van der Waals surface area contributed by atoms with Gasteiger partial charge in [-0.2, -0.15) is 0 Å². The maximum absolute atomic E-state index is 12.4. The molecule has 8 heteroatoms. The molecule has 1 aromatic heterocycles. The highest BCUT2D eigenvalue weighted by Gasteiger charge is 2.21. The predicted molar refractivity (Wildman–Crippen MR) is 110 cm³/mol. The van der Waals surface area contributed by atoms with Gasteiger partial charge in [0.25, 0.3) is 0 Å². The van der Waals surface area contributed by atoms with Gasteiger partial charge in [0, 0.05) is 38.3 Å². The molecule has 3 rings (SSSR count). The van der Waals surface area contributed by atoms with Crippen molar-refractivity contribution < 1.29 is 18.8 Å². The van der Waals surface area contributed by atoms with Crippen molar-refractivity contribution in [2.24, 2.45) is 0 Å². The van der Waals surface area contributed by atoms with Crippen LogP contribution in [0.25, 0.3) is 6.08 Å². The van der Waals surface area contributed by atoms with Crippen LogP contribution < -0.4 is 10.1 Å². The number of hydrogen-bond acceptors (Lipinski definition) is 6. The lowest BCUT2D eigenvalue weighted by atomic mass is 10.2. The monoisotopic (exact) mass is 398 g/mol. The van der Waals surface area contributed by atoms with Crippen molar-refractivity contribution in [1.29, 1.82) is 0 Å². The summed E-state index contributed by atoms with van der Waals surface area (Å²) in [6.45, 7) is 7.06. The van der Waals surface area contributed by atoms with Crippen LogP contribution >= 0.6 is 0 Å². The third-order valence-electron chi connectivity index (χ3n) is 4.56. The molecule has 1 aliphatic rings. The Kier molecular flexibility index (Phi) is 7.02. The second-order valence-electron chi connectivity index (χ2n) is 6.81. The third kappa shape index (κ3) is 6.18. The van der Waals surface area contributed by atoms with E-state index in [2.05, 4.69) is 10.5 Å². The molecule has 0 radical (unpaired) electrons. The molecule has 1 aliphatic heterocycles. The maximum atomic E-state index is 12.4. The molecule has 0 saturated carbocycles. The number of nitrogens with zero attached hydrogens (tertiary/aromatic N) is 3. The summed E-state index contributed by atoms with van der Waals surface area (Å²) in [5.41, 5.74) is 0.945. The quantitative estimate of drug-likeness (QED) is 0.720. The molecule has 1 fully saturated rings. The first kappa shape index (κ1) is 20.6. The van der Waals surface area contributed by atoms with E-state index in [1.54, 1.807) is 30.0 Å². The van der Waals surface area contributed by atoms with E-state index < -0.39 is 0 Å². The number of rotatable bonds is 7. The molecule has 0 bridgehead atoms. The number of aryl methyl sites for hydroxylation is 1. The number of nitrogens with one attached hydrogen (secondary N) is 1. The molecular formula is C21H26N4O4. The normalized spacial score (nSPS) is 14.9. The van der Waals surface area contributed by atoms with Gasteiger partial charge >= 0.3 is 0 Å². The number of amides is 2. The van der Waals surface area contributed by atoms with Gasteiger partial charge in [-0.25, -0.2) is 0 Å². The highest BCUT2D eigenvalue weighted by Crippen LogP contribution is 2.13. The molecule has 2 heterocycles. The van der Waals surface area contributed by atoms with E-state index in [1.165, 1.54) is 0 Å². The van der Waals surface area contributed by atoms with E-state index in [0.717, 1.165) is 11.3 Å². The fourth-order valence-corrected chi connectivity index (χ4v) is 3.05. The first-order chi connectivity index (χ1) is 14.0. The van der Waals surface area contributed by atoms with Crippen molar-refractivity contribution in [2.75, 3.05) is 44.6 Å². The summed E-state index contributed by atoms with van der Waals surface area (Å²) in [6, 6.07) is 9.28. The van der Waals surface area contributed by atoms with Crippen molar-refractivity contribution in [2.45, 2.75) is 13.8 Å². The van der Waals surface area contributed by atoms with Crippen LogP contribution in [-0.4, -0.2) is 66.1 Å². The Morgan fingerprint density at radius 1 is 1.21 bits per heavy atom. The molecule has 0 spiro atoms. The van der Waals surface area contributed by atoms with Gasteiger partial charge in [-0.1, -0.05) is 17.3 Å². The average molecular weight is 398 g/mol. The fraction of sp³-hybridized carbons (Fsp3) is 0.381. The highest BCUT2D eigenvalue weighted by molar-refractivity contribution is 5.92. The lowest BCUT2D eigenvalue weighted by Crippen LogP contribution is -2.50. The van der Waals surface area contributed by atoms with Crippen LogP contribution in [0, 0.1) is 6.92 Å². The zero-order valence-electron chi connectivity index (χ0n) is 16.8. The van der Waals surface area contributed by atoms with Gasteiger partial charge in [-0.05, 0) is 37.6 Å². The topological polar surface area (TPSA) is 87.9 Å². The summed E-state index contributed by atoms with van der Waals surface area (Å²) in [5, 5.41) is 6.46. The summed E-state index contributed by atoms with van der Waals surface area (Å²) >= 11 is 0. The summed E-state index contributed by atoms with van der Waals surface area (Å²) in [5.74, 6) is 1.70. The van der Waals surface area contributed by atoms with Gasteiger partial charge in [0.05, 0.1) is 13.2 Å². The Bertz CT molecular complexity index is 852. The lowest BCUT2D eigenvalue weighted by molar-refractivity contribution is -0.127. The largest absolute Gasteiger partial charge is 0.494 e. The summed E-state index contributed by atoms with van der Waals surface area (Å²) in [4.78, 5) is 28.3. The molecule has 8 nitrogen and oxygen atoms in total. The lowest BCUT2D eigenvalue weighted by Gasteiger charge is -2.33. The maximum Gasteiger partial charge on any atom is 0.246 e. The smallest absolute Gasteiger partial charge is 0.246 e. The molecule has 1 aromatic carbocycles. The van der Waals surface area contributed by atoms with Gasteiger partial charge in [0.1, 0.15) is 11.5 Å². The van der Waals surface area contributed by atoms with E-state index >= 15 is 0 Å². The van der Waals surface area contributed by atoms with Crippen molar-refractivity contribution in [1.82, 2.24) is 15.0 Å². The summed E-state index contributed by atoms with van der Waals surface area (Å²) < 4.78 is 10.3. The molecule has 2 aromatic rings. The van der Waals surface area contributed by atoms with Crippen LogP contribution in [0.4, 0.5) is 5.82 Å². The first-order valence-corrected chi connectivity index (χ1v) is 9.69. The Labute approximate surface area is 170 Å². The molecule has 0 unspecified atom stereocenters. The van der Waals surface area contributed by atoms with Crippen molar-refractivity contribution in [3.8, 4) is 5.75 Å². The molecule has 1 saturated heterocycles. The minimum absolute atomic E-state index is 0.0268. The molecule has 0 atom stereocenters.